The van der Waals surface area contributed by atoms with E-state index in [1.54, 1.807) is 0 Å². The third-order valence-corrected chi connectivity index (χ3v) is 2.85. The number of hydrogen-bond acceptors (Lipinski definition) is 5. The number of hydrogen-bond donors (Lipinski definition) is 3. The number of nitrogens with zero attached hydrogens (tertiary/aromatic N) is 2. The molecule has 1 rings (SSSR count). The molecule has 0 atom stereocenters. The van der Waals surface area contributed by atoms with Crippen LogP contribution in [0, 0.1) is 0 Å². The second kappa shape index (κ2) is 7.58. The zero-order valence-electron chi connectivity index (χ0n) is 11.9. The Labute approximate surface area is 122 Å². The number of aliphatic carboxylic acids is 1. The van der Waals surface area contributed by atoms with Gasteiger partial charge < -0.3 is 21.1 Å². The molecule has 0 unspecified atom stereocenters. The van der Waals surface area contributed by atoms with Gasteiger partial charge in [0.1, 0.15) is 0 Å². The summed E-state index contributed by atoms with van der Waals surface area (Å²) in [4.78, 5) is 47.3. The number of carbonyl (C=O) groups excluding carboxylic acids is 3. The van der Waals surface area contributed by atoms with Gasteiger partial charge in [0.25, 0.3) is 0 Å². The quantitative estimate of drug-likeness (QED) is 0.434. The van der Waals surface area contributed by atoms with Gasteiger partial charge in [-0.25, -0.2) is 0 Å². The Morgan fingerprint density at radius 3 is 2.24 bits per heavy atom. The maximum Gasteiger partial charge on any atom is 0.317 e. The summed E-state index contributed by atoms with van der Waals surface area (Å²) in [5.74, 6) is -2.60. The fraction of sp³-hybridized carbons (Fsp3) is 0.667. The van der Waals surface area contributed by atoms with Gasteiger partial charge in [0.2, 0.25) is 17.7 Å². The van der Waals surface area contributed by atoms with Gasteiger partial charge in [-0.05, 0) is 12.8 Å². The van der Waals surface area contributed by atoms with Crippen molar-refractivity contribution in [2.75, 3.05) is 33.2 Å². The molecule has 0 aliphatic heterocycles. The molecule has 0 spiro atoms. The maximum atomic E-state index is 11.9. The van der Waals surface area contributed by atoms with Crippen LogP contribution in [0.1, 0.15) is 12.8 Å². The van der Waals surface area contributed by atoms with Crippen LogP contribution in [0.3, 0.4) is 0 Å². The van der Waals surface area contributed by atoms with Gasteiger partial charge >= 0.3 is 5.97 Å². The predicted octanol–water partition coefficient (Wildman–Crippen LogP) is -2.40. The molecule has 1 aliphatic rings. The summed E-state index contributed by atoms with van der Waals surface area (Å²) in [5, 5.41) is 11.5. The third kappa shape index (κ3) is 7.25. The van der Waals surface area contributed by atoms with Crippen LogP contribution in [-0.2, 0) is 19.2 Å². The zero-order chi connectivity index (χ0) is 16.0. The van der Waals surface area contributed by atoms with Crippen molar-refractivity contribution < 1.29 is 24.3 Å². The molecule has 9 nitrogen and oxygen atoms in total. The lowest BCUT2D eigenvalue weighted by atomic mass is 10.4. The summed E-state index contributed by atoms with van der Waals surface area (Å²) in [6.07, 6.45) is 1.91. The first-order valence-electron chi connectivity index (χ1n) is 6.53. The van der Waals surface area contributed by atoms with Crippen LogP contribution < -0.4 is 11.1 Å². The molecule has 0 heterocycles. The minimum absolute atomic E-state index is 0.104. The van der Waals surface area contributed by atoms with Gasteiger partial charge in [-0.1, -0.05) is 0 Å². The van der Waals surface area contributed by atoms with E-state index in [0.717, 1.165) is 17.7 Å². The lowest BCUT2D eigenvalue weighted by molar-refractivity contribution is -0.141. The first kappa shape index (κ1) is 16.9. The van der Waals surface area contributed by atoms with Crippen LogP contribution in [0.4, 0.5) is 0 Å². The summed E-state index contributed by atoms with van der Waals surface area (Å²) < 4.78 is 0. The number of rotatable bonds is 9. The molecule has 0 bridgehead atoms. The first-order chi connectivity index (χ1) is 9.77. The molecule has 1 saturated carbocycles. The summed E-state index contributed by atoms with van der Waals surface area (Å²) in [5.41, 5.74) is 5.00. The molecule has 9 heteroatoms. The zero-order valence-corrected chi connectivity index (χ0v) is 11.9. The molecule has 3 amide bonds. The number of carboxylic acids is 1. The highest BCUT2D eigenvalue weighted by molar-refractivity contribution is 5.86. The molecule has 118 valence electrons. The van der Waals surface area contributed by atoms with Gasteiger partial charge in [0.15, 0.2) is 0 Å². The van der Waals surface area contributed by atoms with Crippen LogP contribution in [0.2, 0.25) is 0 Å². The van der Waals surface area contributed by atoms with E-state index in [-0.39, 0.29) is 31.6 Å². The summed E-state index contributed by atoms with van der Waals surface area (Å²) in [6.45, 7) is -1.20. The average molecular weight is 300 g/mol. The topological polar surface area (TPSA) is 133 Å². The molecule has 0 saturated heterocycles. The Hall–Kier alpha value is -2.16. The monoisotopic (exact) mass is 300 g/mol. The summed E-state index contributed by atoms with van der Waals surface area (Å²) >= 11 is 0. The molecule has 21 heavy (non-hydrogen) atoms. The SMILES string of the molecule is CN(CC(=O)NC1CC1)C(=O)CN(CC(N)=O)CC(=O)O. The Morgan fingerprint density at radius 1 is 1.14 bits per heavy atom. The summed E-state index contributed by atoms with van der Waals surface area (Å²) in [6, 6.07) is 0.208. The van der Waals surface area contributed by atoms with E-state index in [1.165, 1.54) is 11.9 Å². The number of likely N-dealkylation sites (N-methyl/N-ethyl adjacent to an activating group) is 1. The Balaban J connectivity index is 2.43. The van der Waals surface area contributed by atoms with Gasteiger partial charge in [-0.2, -0.15) is 0 Å². The molecule has 0 aromatic heterocycles. The van der Waals surface area contributed by atoms with Crippen molar-refractivity contribution in [3.05, 3.63) is 0 Å². The van der Waals surface area contributed by atoms with Crippen LogP contribution in [0.25, 0.3) is 0 Å². The highest BCUT2D eigenvalue weighted by atomic mass is 16.4. The summed E-state index contributed by atoms with van der Waals surface area (Å²) in [7, 11) is 1.44. The normalized spacial score (nSPS) is 13.8. The first-order valence-corrected chi connectivity index (χ1v) is 6.53. The smallest absolute Gasteiger partial charge is 0.317 e. The van der Waals surface area contributed by atoms with E-state index < -0.39 is 24.3 Å². The molecule has 1 fully saturated rings. The molecule has 1 aliphatic carbocycles. The molecular formula is C12H20N4O5. The van der Waals surface area contributed by atoms with Crippen molar-refractivity contribution in [2.24, 2.45) is 5.73 Å². The van der Waals surface area contributed by atoms with Gasteiger partial charge in [-0.3, -0.25) is 24.1 Å². The standard InChI is InChI=1S/C12H20N4O5/c1-15(5-10(18)14-8-2-3-8)11(19)6-16(4-9(13)17)7-12(20)21/h8H,2-7H2,1H3,(H2,13,17)(H,14,18)(H,20,21). The number of nitrogens with one attached hydrogen (secondary N) is 1. The van der Waals surface area contributed by atoms with E-state index in [4.69, 9.17) is 10.8 Å². The van der Waals surface area contributed by atoms with Gasteiger partial charge in [-0.15, -0.1) is 0 Å². The minimum Gasteiger partial charge on any atom is -0.480 e. The van der Waals surface area contributed by atoms with Crippen LogP contribution in [0.5, 0.6) is 0 Å². The number of carboxylic acid groups (broad SMARTS) is 1. The Morgan fingerprint density at radius 2 is 1.76 bits per heavy atom. The van der Waals surface area contributed by atoms with Crippen molar-refractivity contribution >= 4 is 23.7 Å². The largest absolute Gasteiger partial charge is 0.480 e. The third-order valence-electron chi connectivity index (χ3n) is 2.85. The maximum absolute atomic E-state index is 11.9. The fourth-order valence-corrected chi connectivity index (χ4v) is 1.70. The minimum atomic E-state index is -1.17. The van der Waals surface area contributed by atoms with E-state index in [1.807, 2.05) is 0 Å². The number of amides is 3. The molecule has 4 N–H and O–H groups in total. The molecular weight excluding hydrogens is 280 g/mol. The molecule has 0 aromatic rings. The van der Waals surface area contributed by atoms with E-state index in [0.29, 0.717) is 0 Å². The van der Waals surface area contributed by atoms with Crippen molar-refractivity contribution in [3.8, 4) is 0 Å². The lowest BCUT2D eigenvalue weighted by Crippen LogP contribution is -2.46. The average Bonchev–Trinajstić information content (AvgIpc) is 3.10. The van der Waals surface area contributed by atoms with Gasteiger partial charge in [0, 0.05) is 13.1 Å². The number of carbonyl (C=O) groups is 4. The molecule has 0 aromatic carbocycles. The van der Waals surface area contributed by atoms with Crippen LogP contribution in [-0.4, -0.2) is 77.9 Å². The van der Waals surface area contributed by atoms with Crippen molar-refractivity contribution in [1.29, 1.82) is 0 Å². The number of primary amides is 1. The Kier molecular flexibility index (Phi) is 6.10. The highest BCUT2D eigenvalue weighted by Crippen LogP contribution is 2.18. The highest BCUT2D eigenvalue weighted by Gasteiger charge is 2.25. The lowest BCUT2D eigenvalue weighted by Gasteiger charge is -2.22. The van der Waals surface area contributed by atoms with E-state index >= 15 is 0 Å². The van der Waals surface area contributed by atoms with Crippen molar-refractivity contribution in [1.82, 2.24) is 15.1 Å². The predicted molar refractivity (Wildman–Crippen MR) is 72.1 cm³/mol. The second-order valence-corrected chi connectivity index (χ2v) is 5.10. The second-order valence-electron chi connectivity index (χ2n) is 5.10. The Bertz CT molecular complexity index is 419. The van der Waals surface area contributed by atoms with E-state index in [9.17, 15) is 19.2 Å². The van der Waals surface area contributed by atoms with Gasteiger partial charge in [0.05, 0.1) is 26.2 Å². The van der Waals surface area contributed by atoms with Crippen LogP contribution in [0.15, 0.2) is 0 Å². The van der Waals surface area contributed by atoms with Crippen molar-refractivity contribution in [3.63, 3.8) is 0 Å². The van der Waals surface area contributed by atoms with Crippen LogP contribution >= 0.6 is 0 Å². The van der Waals surface area contributed by atoms with E-state index in [2.05, 4.69) is 5.32 Å². The fourth-order valence-electron chi connectivity index (χ4n) is 1.70. The number of nitrogens with two attached hydrogens (primary N) is 1. The molecule has 0 radical (unpaired) electrons. The van der Waals surface area contributed by atoms with Crippen molar-refractivity contribution in [2.45, 2.75) is 18.9 Å².